The van der Waals surface area contributed by atoms with Gasteiger partial charge >= 0.3 is 0 Å². The lowest BCUT2D eigenvalue weighted by Gasteiger charge is -2.12. The van der Waals surface area contributed by atoms with E-state index in [0.717, 1.165) is 6.02 Å². The highest BCUT2D eigenvalue weighted by Gasteiger charge is 2.23. The lowest BCUT2D eigenvalue weighted by Crippen LogP contribution is -2.24. The molecule has 0 bridgehead atoms. The SMILES string of the molecule is CC1N=C(N(C)C)OC1C. The third kappa shape index (κ3) is 1.23. The quantitative estimate of drug-likeness (QED) is 0.497. The fourth-order valence-corrected chi connectivity index (χ4v) is 0.795. The minimum Gasteiger partial charge on any atom is -0.460 e. The maximum absolute atomic E-state index is 5.41. The number of hydrogen-bond acceptors (Lipinski definition) is 3. The summed E-state index contributed by atoms with van der Waals surface area (Å²) in [4.78, 5) is 6.18. The minimum absolute atomic E-state index is 0.234. The molecule has 3 nitrogen and oxygen atoms in total. The van der Waals surface area contributed by atoms with Gasteiger partial charge in [-0.25, -0.2) is 4.99 Å². The summed E-state index contributed by atoms with van der Waals surface area (Å²) in [6.07, 6.45) is 0.234. The van der Waals surface area contributed by atoms with Crippen LogP contribution in [0.3, 0.4) is 0 Å². The van der Waals surface area contributed by atoms with E-state index in [-0.39, 0.29) is 6.10 Å². The Balaban J connectivity index is 2.58. The van der Waals surface area contributed by atoms with E-state index in [1.807, 2.05) is 25.9 Å². The lowest BCUT2D eigenvalue weighted by atomic mass is 10.2. The smallest absolute Gasteiger partial charge is 0.287 e. The summed E-state index contributed by atoms with van der Waals surface area (Å²) < 4.78 is 5.41. The molecule has 1 aliphatic rings. The first-order valence-electron chi connectivity index (χ1n) is 3.53. The second kappa shape index (κ2) is 2.48. The monoisotopic (exact) mass is 142 g/mol. The Morgan fingerprint density at radius 2 is 2.00 bits per heavy atom. The molecule has 10 heavy (non-hydrogen) atoms. The van der Waals surface area contributed by atoms with Crippen molar-refractivity contribution in [1.29, 1.82) is 0 Å². The molecule has 0 N–H and O–H groups in total. The van der Waals surface area contributed by atoms with E-state index >= 15 is 0 Å². The van der Waals surface area contributed by atoms with Gasteiger partial charge in [0.2, 0.25) is 0 Å². The van der Waals surface area contributed by atoms with Crippen LogP contribution in [0.2, 0.25) is 0 Å². The van der Waals surface area contributed by atoms with Crippen LogP contribution in [-0.2, 0) is 4.74 Å². The van der Waals surface area contributed by atoms with Crippen LogP contribution in [0.5, 0.6) is 0 Å². The zero-order valence-electron chi connectivity index (χ0n) is 6.96. The normalized spacial score (nSPS) is 31.4. The molecule has 2 unspecified atom stereocenters. The highest BCUT2D eigenvalue weighted by Crippen LogP contribution is 2.12. The molecule has 0 aromatic rings. The minimum atomic E-state index is 0.234. The van der Waals surface area contributed by atoms with Gasteiger partial charge < -0.3 is 9.64 Å². The molecule has 2 atom stereocenters. The van der Waals surface area contributed by atoms with Crippen molar-refractivity contribution in [2.75, 3.05) is 14.1 Å². The molecule has 0 aromatic heterocycles. The first-order valence-corrected chi connectivity index (χ1v) is 3.53. The molecule has 0 saturated carbocycles. The number of nitrogens with zero attached hydrogens (tertiary/aromatic N) is 2. The predicted octanol–water partition coefficient (Wildman–Crippen LogP) is 0.711. The maximum atomic E-state index is 5.41. The molecule has 3 heteroatoms. The van der Waals surface area contributed by atoms with Crippen LogP contribution in [0.25, 0.3) is 0 Å². The molecule has 0 saturated heterocycles. The number of ether oxygens (including phenoxy) is 1. The average molecular weight is 142 g/mol. The second-order valence-electron chi connectivity index (χ2n) is 2.87. The summed E-state index contributed by atoms with van der Waals surface area (Å²) >= 11 is 0. The van der Waals surface area contributed by atoms with Gasteiger partial charge in [0.05, 0.1) is 6.04 Å². The molecule has 1 aliphatic heterocycles. The molecule has 0 fully saturated rings. The standard InChI is InChI=1S/C7H14N2O/c1-5-6(2)10-7(8-5)9(3)4/h5-6H,1-4H3. The Kier molecular flexibility index (Phi) is 1.83. The van der Waals surface area contributed by atoms with Crippen molar-refractivity contribution < 1.29 is 4.74 Å². The molecule has 1 heterocycles. The molecule has 0 radical (unpaired) electrons. The van der Waals surface area contributed by atoms with Gasteiger partial charge in [0.25, 0.3) is 6.02 Å². The van der Waals surface area contributed by atoms with Crippen LogP contribution in [0, 0.1) is 0 Å². The van der Waals surface area contributed by atoms with Crippen molar-refractivity contribution in [2.24, 2.45) is 4.99 Å². The van der Waals surface area contributed by atoms with Crippen LogP contribution in [0.4, 0.5) is 0 Å². The molecule has 0 aliphatic carbocycles. The number of hydrogen-bond donors (Lipinski definition) is 0. The van der Waals surface area contributed by atoms with Crippen LogP contribution < -0.4 is 0 Å². The Morgan fingerprint density at radius 1 is 1.40 bits per heavy atom. The largest absolute Gasteiger partial charge is 0.460 e. The Labute approximate surface area is 61.7 Å². The summed E-state index contributed by atoms with van der Waals surface area (Å²) in [6, 6.07) is 1.05. The fourth-order valence-electron chi connectivity index (χ4n) is 0.795. The van der Waals surface area contributed by atoms with E-state index in [1.54, 1.807) is 0 Å². The predicted molar refractivity (Wildman–Crippen MR) is 41.1 cm³/mol. The molecule has 0 amide bonds. The zero-order valence-corrected chi connectivity index (χ0v) is 6.96. The van der Waals surface area contributed by atoms with Crippen molar-refractivity contribution in [3.8, 4) is 0 Å². The van der Waals surface area contributed by atoms with Crippen molar-refractivity contribution in [1.82, 2.24) is 4.90 Å². The van der Waals surface area contributed by atoms with E-state index in [2.05, 4.69) is 11.9 Å². The summed E-state index contributed by atoms with van der Waals surface area (Å²) in [6.45, 7) is 4.09. The first-order chi connectivity index (χ1) is 4.61. The fraction of sp³-hybridized carbons (Fsp3) is 0.857. The molecule has 1 rings (SSSR count). The average Bonchev–Trinajstić information content (AvgIpc) is 2.13. The van der Waals surface area contributed by atoms with E-state index in [9.17, 15) is 0 Å². The van der Waals surface area contributed by atoms with Gasteiger partial charge in [-0.15, -0.1) is 0 Å². The molecule has 0 aromatic carbocycles. The van der Waals surface area contributed by atoms with Crippen LogP contribution in [0.15, 0.2) is 4.99 Å². The van der Waals surface area contributed by atoms with E-state index in [1.165, 1.54) is 0 Å². The zero-order chi connectivity index (χ0) is 7.72. The Bertz CT molecular complexity index is 154. The Hall–Kier alpha value is -0.730. The van der Waals surface area contributed by atoms with Gasteiger partial charge in [0, 0.05) is 14.1 Å². The van der Waals surface area contributed by atoms with Gasteiger partial charge in [-0.05, 0) is 13.8 Å². The van der Waals surface area contributed by atoms with Gasteiger partial charge in [-0.2, -0.15) is 0 Å². The van der Waals surface area contributed by atoms with E-state index in [0.29, 0.717) is 6.04 Å². The van der Waals surface area contributed by atoms with E-state index < -0.39 is 0 Å². The second-order valence-corrected chi connectivity index (χ2v) is 2.87. The third-order valence-corrected chi connectivity index (χ3v) is 1.67. The first kappa shape index (κ1) is 7.38. The van der Waals surface area contributed by atoms with Crippen molar-refractivity contribution in [3.05, 3.63) is 0 Å². The molecule has 0 spiro atoms. The topological polar surface area (TPSA) is 24.8 Å². The summed E-state index contributed by atoms with van der Waals surface area (Å²) in [5, 5.41) is 0. The van der Waals surface area contributed by atoms with Crippen LogP contribution in [0.1, 0.15) is 13.8 Å². The number of amidine groups is 1. The van der Waals surface area contributed by atoms with Crippen molar-refractivity contribution in [2.45, 2.75) is 26.0 Å². The van der Waals surface area contributed by atoms with Crippen LogP contribution >= 0.6 is 0 Å². The highest BCUT2D eigenvalue weighted by atomic mass is 16.5. The maximum Gasteiger partial charge on any atom is 0.287 e. The van der Waals surface area contributed by atoms with Gasteiger partial charge in [-0.1, -0.05) is 0 Å². The summed E-state index contributed by atoms with van der Waals surface area (Å²) in [7, 11) is 3.87. The van der Waals surface area contributed by atoms with Gasteiger partial charge in [0.1, 0.15) is 6.10 Å². The molecular formula is C7H14N2O. The lowest BCUT2D eigenvalue weighted by molar-refractivity contribution is 0.193. The third-order valence-electron chi connectivity index (χ3n) is 1.67. The number of rotatable bonds is 0. The molecule has 58 valence electrons. The van der Waals surface area contributed by atoms with Crippen molar-refractivity contribution in [3.63, 3.8) is 0 Å². The van der Waals surface area contributed by atoms with Gasteiger partial charge in [-0.3, -0.25) is 0 Å². The Morgan fingerprint density at radius 3 is 2.20 bits per heavy atom. The van der Waals surface area contributed by atoms with Crippen LogP contribution in [-0.4, -0.2) is 37.2 Å². The van der Waals surface area contributed by atoms with Gasteiger partial charge in [0.15, 0.2) is 0 Å². The van der Waals surface area contributed by atoms with E-state index in [4.69, 9.17) is 4.74 Å². The van der Waals surface area contributed by atoms with Crippen molar-refractivity contribution >= 4 is 6.02 Å². The summed E-state index contributed by atoms with van der Waals surface area (Å²) in [5.74, 6) is 0. The summed E-state index contributed by atoms with van der Waals surface area (Å²) in [5.41, 5.74) is 0. The number of aliphatic imine (C=N–C) groups is 1. The molecular weight excluding hydrogens is 128 g/mol. The highest BCUT2D eigenvalue weighted by molar-refractivity contribution is 5.75.